The first-order valence-electron chi connectivity index (χ1n) is 8.39. The molecule has 1 aromatic heterocycles. The molecule has 0 atom stereocenters. The van der Waals surface area contributed by atoms with E-state index in [4.69, 9.17) is 21.6 Å². The number of nitrogens with zero attached hydrogens (tertiary/aromatic N) is 1. The van der Waals surface area contributed by atoms with Gasteiger partial charge in [0.25, 0.3) is 11.8 Å². The zero-order valence-corrected chi connectivity index (χ0v) is 16.5. The van der Waals surface area contributed by atoms with Crippen LogP contribution in [0.3, 0.4) is 0 Å². The molecule has 0 saturated heterocycles. The molecule has 1 heterocycles. The fraction of sp³-hybridized carbons (Fsp3) is 0.100. The van der Waals surface area contributed by atoms with Gasteiger partial charge in [-0.15, -0.1) is 11.3 Å². The Morgan fingerprint density at radius 3 is 2.52 bits per heavy atom. The molecule has 0 fully saturated rings. The molecular formula is C20H14ClN3O4S. The van der Waals surface area contributed by atoms with Crippen molar-refractivity contribution in [1.82, 2.24) is 5.32 Å². The van der Waals surface area contributed by atoms with Crippen molar-refractivity contribution in [2.24, 2.45) is 0 Å². The predicted molar refractivity (Wildman–Crippen MR) is 110 cm³/mol. The Bertz CT molecular complexity index is 1120. The Morgan fingerprint density at radius 1 is 1.10 bits per heavy atom. The van der Waals surface area contributed by atoms with Crippen molar-refractivity contribution in [1.29, 1.82) is 5.26 Å². The van der Waals surface area contributed by atoms with Crippen LogP contribution in [-0.2, 0) is 14.3 Å². The van der Waals surface area contributed by atoms with Gasteiger partial charge >= 0.3 is 5.97 Å². The van der Waals surface area contributed by atoms with E-state index < -0.39 is 30.9 Å². The zero-order chi connectivity index (χ0) is 20.8. The third-order valence-electron chi connectivity index (χ3n) is 3.80. The molecule has 9 heteroatoms. The lowest BCUT2D eigenvalue weighted by Gasteiger charge is -2.07. The van der Waals surface area contributed by atoms with Crippen LogP contribution in [0.15, 0.2) is 48.5 Å². The molecule has 146 valence electrons. The highest BCUT2D eigenvalue weighted by atomic mass is 35.5. The van der Waals surface area contributed by atoms with E-state index in [0.29, 0.717) is 21.2 Å². The van der Waals surface area contributed by atoms with Crippen molar-refractivity contribution < 1.29 is 19.1 Å². The van der Waals surface area contributed by atoms with Gasteiger partial charge in [-0.25, -0.2) is 0 Å². The zero-order valence-electron chi connectivity index (χ0n) is 14.9. The van der Waals surface area contributed by atoms with Gasteiger partial charge in [0.05, 0.1) is 16.7 Å². The monoisotopic (exact) mass is 427 g/mol. The van der Waals surface area contributed by atoms with Gasteiger partial charge < -0.3 is 15.4 Å². The van der Waals surface area contributed by atoms with Crippen molar-refractivity contribution in [3.8, 4) is 6.07 Å². The number of hydrogen-bond donors (Lipinski definition) is 2. The fourth-order valence-corrected chi connectivity index (χ4v) is 3.85. The van der Waals surface area contributed by atoms with E-state index in [1.165, 1.54) is 11.3 Å². The molecule has 3 aromatic rings. The van der Waals surface area contributed by atoms with Crippen LogP contribution in [0.1, 0.15) is 15.2 Å². The summed E-state index contributed by atoms with van der Waals surface area (Å²) in [6.45, 7) is -0.897. The standard InChI is InChI=1S/C20H14ClN3O4S/c21-18-14-3-1-2-4-15(14)29-19(18)20(27)23-10-17(26)28-11-16(25)24-13-7-5-12(9-22)6-8-13/h1-8H,10-11H2,(H,23,27)(H,24,25). The number of ether oxygens (including phenoxy) is 1. The molecular weight excluding hydrogens is 414 g/mol. The molecule has 0 radical (unpaired) electrons. The largest absolute Gasteiger partial charge is 0.454 e. The molecule has 0 bridgehead atoms. The number of esters is 1. The molecule has 0 spiro atoms. The lowest BCUT2D eigenvalue weighted by Crippen LogP contribution is -2.32. The quantitative estimate of drug-likeness (QED) is 0.586. The van der Waals surface area contributed by atoms with Gasteiger partial charge in [-0.3, -0.25) is 14.4 Å². The summed E-state index contributed by atoms with van der Waals surface area (Å²) < 4.78 is 5.71. The summed E-state index contributed by atoms with van der Waals surface area (Å²) in [5.74, 6) is -1.79. The van der Waals surface area contributed by atoms with Crippen LogP contribution in [0.25, 0.3) is 10.1 Å². The number of anilines is 1. The Labute approximate surface area is 174 Å². The average molecular weight is 428 g/mol. The van der Waals surface area contributed by atoms with Crippen molar-refractivity contribution in [3.05, 3.63) is 64.0 Å². The number of nitrogens with one attached hydrogen (secondary N) is 2. The SMILES string of the molecule is N#Cc1ccc(NC(=O)COC(=O)CNC(=O)c2sc3ccccc3c2Cl)cc1. The minimum Gasteiger partial charge on any atom is -0.454 e. The van der Waals surface area contributed by atoms with Crippen LogP contribution in [0.2, 0.25) is 5.02 Å². The normalized spacial score (nSPS) is 10.2. The van der Waals surface area contributed by atoms with Crippen molar-refractivity contribution in [2.45, 2.75) is 0 Å². The third-order valence-corrected chi connectivity index (χ3v) is 5.47. The maximum atomic E-state index is 12.3. The van der Waals surface area contributed by atoms with E-state index in [-0.39, 0.29) is 0 Å². The van der Waals surface area contributed by atoms with Crippen LogP contribution < -0.4 is 10.6 Å². The topological polar surface area (TPSA) is 108 Å². The average Bonchev–Trinajstić information content (AvgIpc) is 3.08. The summed E-state index contributed by atoms with van der Waals surface area (Å²) in [7, 11) is 0. The van der Waals surface area contributed by atoms with Crippen molar-refractivity contribution >= 4 is 56.5 Å². The molecule has 3 rings (SSSR count). The molecule has 2 aromatic carbocycles. The number of halogens is 1. The van der Waals surface area contributed by atoms with Gasteiger partial charge in [0.2, 0.25) is 0 Å². The number of carbonyl (C=O) groups is 3. The maximum absolute atomic E-state index is 12.3. The maximum Gasteiger partial charge on any atom is 0.325 e. The Hall–Kier alpha value is -3.41. The van der Waals surface area contributed by atoms with Crippen molar-refractivity contribution in [3.63, 3.8) is 0 Å². The van der Waals surface area contributed by atoms with Crippen LogP contribution in [0.5, 0.6) is 0 Å². The van der Waals surface area contributed by atoms with E-state index in [9.17, 15) is 14.4 Å². The van der Waals surface area contributed by atoms with Gasteiger partial charge in [-0.1, -0.05) is 29.8 Å². The second kappa shape index (κ2) is 9.19. The van der Waals surface area contributed by atoms with Crippen molar-refractivity contribution in [2.75, 3.05) is 18.5 Å². The number of fused-ring (bicyclic) bond motifs is 1. The summed E-state index contributed by atoms with van der Waals surface area (Å²) >= 11 is 7.45. The summed E-state index contributed by atoms with van der Waals surface area (Å²) in [4.78, 5) is 36.2. The van der Waals surface area contributed by atoms with Gasteiger partial charge in [-0.05, 0) is 30.3 Å². The number of thiophene rings is 1. The van der Waals surface area contributed by atoms with E-state index >= 15 is 0 Å². The highest BCUT2D eigenvalue weighted by Crippen LogP contribution is 2.34. The Morgan fingerprint density at radius 2 is 1.83 bits per heavy atom. The fourth-order valence-electron chi connectivity index (χ4n) is 2.42. The molecule has 0 saturated carbocycles. The Kier molecular flexibility index (Phi) is 6.44. The van der Waals surface area contributed by atoms with Gasteiger partial charge in [0.15, 0.2) is 6.61 Å². The van der Waals surface area contributed by atoms with E-state index in [1.54, 1.807) is 24.3 Å². The van der Waals surface area contributed by atoms with Crippen LogP contribution >= 0.6 is 22.9 Å². The number of nitriles is 1. The first-order valence-corrected chi connectivity index (χ1v) is 9.58. The van der Waals surface area contributed by atoms with E-state index in [1.807, 2.05) is 30.3 Å². The van der Waals surface area contributed by atoms with Crippen LogP contribution in [-0.4, -0.2) is 30.9 Å². The second-order valence-corrected chi connectivity index (χ2v) is 7.25. The minimum atomic E-state index is -0.759. The molecule has 0 unspecified atom stereocenters. The number of benzene rings is 2. The van der Waals surface area contributed by atoms with Gasteiger partial charge in [0.1, 0.15) is 11.4 Å². The van der Waals surface area contributed by atoms with E-state index in [2.05, 4.69) is 10.6 Å². The van der Waals surface area contributed by atoms with Crippen LogP contribution in [0.4, 0.5) is 5.69 Å². The minimum absolute atomic E-state index is 0.305. The smallest absolute Gasteiger partial charge is 0.325 e. The van der Waals surface area contributed by atoms with Gasteiger partial charge in [0, 0.05) is 15.8 Å². The first-order chi connectivity index (χ1) is 14.0. The second-order valence-electron chi connectivity index (χ2n) is 5.82. The lowest BCUT2D eigenvalue weighted by molar-refractivity contribution is -0.146. The summed E-state index contributed by atoms with van der Waals surface area (Å²) in [6, 6.07) is 15.5. The molecule has 0 aliphatic heterocycles. The predicted octanol–water partition coefficient (Wildman–Crippen LogP) is 3.34. The highest BCUT2D eigenvalue weighted by molar-refractivity contribution is 7.21. The van der Waals surface area contributed by atoms with Crippen LogP contribution in [0, 0.1) is 11.3 Å². The molecule has 2 N–H and O–H groups in total. The molecule has 0 aliphatic rings. The Balaban J connectivity index is 1.46. The first kappa shape index (κ1) is 20.3. The molecule has 0 aliphatic carbocycles. The summed E-state index contributed by atoms with van der Waals surface area (Å²) in [5.41, 5.74) is 0.932. The molecule has 7 nitrogen and oxygen atoms in total. The van der Waals surface area contributed by atoms with E-state index in [0.717, 1.165) is 10.1 Å². The molecule has 29 heavy (non-hydrogen) atoms. The number of hydrogen-bond acceptors (Lipinski definition) is 6. The lowest BCUT2D eigenvalue weighted by atomic mass is 10.2. The van der Waals surface area contributed by atoms with Gasteiger partial charge in [-0.2, -0.15) is 5.26 Å². The molecule has 2 amide bonds. The highest BCUT2D eigenvalue weighted by Gasteiger charge is 2.18. The number of rotatable bonds is 6. The third kappa shape index (κ3) is 5.10. The summed E-state index contributed by atoms with van der Waals surface area (Å²) in [6.07, 6.45) is 0. The number of amides is 2. The number of carbonyl (C=O) groups excluding carboxylic acids is 3. The summed E-state index contributed by atoms with van der Waals surface area (Å²) in [5, 5.41) is 14.8.